The van der Waals surface area contributed by atoms with Gasteiger partial charge in [-0.3, -0.25) is 19.2 Å². The van der Waals surface area contributed by atoms with E-state index in [2.05, 4.69) is 47.1 Å². The van der Waals surface area contributed by atoms with Crippen molar-refractivity contribution in [1.82, 2.24) is 19.9 Å². The summed E-state index contributed by atoms with van der Waals surface area (Å²) >= 11 is 5.00. The normalized spacial score (nSPS) is 8.65. The molecule has 0 spiro atoms. The Bertz CT molecular complexity index is 1160. The van der Waals surface area contributed by atoms with Crippen LogP contribution in [0, 0.1) is 27.7 Å². The monoisotopic (exact) mass is 540 g/mol. The summed E-state index contributed by atoms with van der Waals surface area (Å²) in [4.78, 5) is 52.2. The predicted molar refractivity (Wildman–Crippen MR) is 127 cm³/mol. The van der Waals surface area contributed by atoms with Crippen LogP contribution in [0.15, 0.2) is 92.0 Å². The molecule has 0 atom stereocenters. The predicted octanol–water partition coefficient (Wildman–Crippen LogP) is 2.73. The van der Waals surface area contributed by atoms with Crippen molar-refractivity contribution in [3.8, 4) is 0 Å². The molecule has 0 radical (unpaired) electrons. The van der Waals surface area contributed by atoms with Gasteiger partial charge >= 0.3 is 27.2 Å². The Balaban J connectivity index is 0.000000416. The Morgan fingerprint density at radius 2 is 0.588 bits per heavy atom. The van der Waals surface area contributed by atoms with E-state index in [1.807, 2.05) is 52.0 Å². The van der Waals surface area contributed by atoms with Gasteiger partial charge in [-0.2, -0.15) is 0 Å². The zero-order valence-electron chi connectivity index (χ0n) is 19.4. The summed E-state index contributed by atoms with van der Waals surface area (Å²) in [7, 11) is 0. The summed E-state index contributed by atoms with van der Waals surface area (Å²) in [5, 5.41) is 0. The van der Waals surface area contributed by atoms with Crippen molar-refractivity contribution in [3.63, 3.8) is 0 Å². The third-order valence-electron chi connectivity index (χ3n) is 3.66. The van der Waals surface area contributed by atoms with Crippen LogP contribution < -0.4 is 22.2 Å². The molecule has 4 aromatic heterocycles. The second-order valence-corrected chi connectivity index (χ2v) is 6.79. The number of hydrogen-bond donors (Lipinski definition) is 4. The molecule has 4 rings (SSSR count). The van der Waals surface area contributed by atoms with E-state index in [0.717, 1.165) is 22.8 Å². The fraction of sp³-hybridized carbons (Fsp3) is 0.167. The van der Waals surface area contributed by atoms with E-state index in [9.17, 15) is 19.2 Å². The Labute approximate surface area is 211 Å². The van der Waals surface area contributed by atoms with Crippen LogP contribution in [0.25, 0.3) is 0 Å². The SMILES string of the molecule is Cc1cccc(=O)[nH]1.Cc1cccc(=O)[nH]1.Cc1cccc(=O)[nH]1.Cc1cccc(=O)[nH]1.[Cr]#[Cr]. The van der Waals surface area contributed by atoms with Crippen LogP contribution in [-0.4, -0.2) is 19.9 Å². The number of pyridine rings is 4. The zero-order valence-corrected chi connectivity index (χ0v) is 21.9. The van der Waals surface area contributed by atoms with Crippen LogP contribution >= 0.6 is 0 Å². The molecule has 0 saturated heterocycles. The summed E-state index contributed by atoms with van der Waals surface area (Å²) in [6.07, 6.45) is 0. The van der Waals surface area contributed by atoms with Crippen LogP contribution in [0.1, 0.15) is 22.8 Å². The van der Waals surface area contributed by atoms with Crippen LogP contribution in [0.3, 0.4) is 0 Å². The number of aromatic nitrogens is 4. The van der Waals surface area contributed by atoms with E-state index < -0.39 is 0 Å². The summed E-state index contributed by atoms with van der Waals surface area (Å²) in [5.41, 5.74) is 3.45. The minimum atomic E-state index is -0.0370. The van der Waals surface area contributed by atoms with Gasteiger partial charge in [0.15, 0.2) is 0 Å². The standard InChI is InChI=1S/4C6H7NO.2Cr/c4*1-5-3-2-4-6(8)7-5;;/h4*2-4H,1H3,(H,7,8);;. The number of aryl methyl sites for hydroxylation is 4. The molecule has 0 amide bonds. The number of rotatable bonds is 0. The van der Waals surface area contributed by atoms with E-state index in [1.54, 1.807) is 24.3 Å². The topological polar surface area (TPSA) is 131 Å². The van der Waals surface area contributed by atoms with Gasteiger partial charge < -0.3 is 19.9 Å². The molecule has 180 valence electrons. The maximum absolute atomic E-state index is 10.4. The molecule has 0 bridgehead atoms. The minimum absolute atomic E-state index is 0.0370. The van der Waals surface area contributed by atoms with Gasteiger partial charge in [0, 0.05) is 47.0 Å². The molecule has 4 heterocycles. The Hall–Kier alpha value is -3.14. The summed E-state index contributed by atoms with van der Waals surface area (Å²) in [6.45, 7) is 7.39. The molecular formula is C24H28Cr2N4O4. The van der Waals surface area contributed by atoms with E-state index >= 15 is 0 Å². The Kier molecular flexibility index (Phi) is 16.6. The van der Waals surface area contributed by atoms with Crippen molar-refractivity contribution in [2.24, 2.45) is 0 Å². The van der Waals surface area contributed by atoms with Crippen LogP contribution in [0.2, 0.25) is 0 Å². The van der Waals surface area contributed by atoms with E-state index in [4.69, 9.17) is 0 Å². The molecule has 34 heavy (non-hydrogen) atoms. The summed E-state index contributed by atoms with van der Waals surface area (Å²) in [5.74, 6) is 0. The van der Waals surface area contributed by atoms with Gasteiger partial charge in [-0.1, -0.05) is 24.3 Å². The number of hydrogen-bond acceptors (Lipinski definition) is 4. The fourth-order valence-electron chi connectivity index (χ4n) is 2.23. The molecule has 8 nitrogen and oxygen atoms in total. The average Bonchev–Trinajstić information content (AvgIpc) is 2.76. The van der Waals surface area contributed by atoms with E-state index in [-0.39, 0.29) is 22.2 Å². The maximum atomic E-state index is 10.4. The molecule has 0 aliphatic carbocycles. The first kappa shape index (κ1) is 30.9. The van der Waals surface area contributed by atoms with E-state index in [1.165, 1.54) is 24.3 Å². The summed E-state index contributed by atoms with van der Waals surface area (Å²) in [6, 6.07) is 20.3. The fourth-order valence-corrected chi connectivity index (χ4v) is 2.23. The molecule has 0 fully saturated rings. The molecule has 10 heteroatoms. The first-order chi connectivity index (χ1) is 16.2. The molecule has 0 aromatic carbocycles. The third-order valence-corrected chi connectivity index (χ3v) is 3.66. The number of nitrogens with one attached hydrogen (secondary N) is 4. The summed E-state index contributed by atoms with van der Waals surface area (Å²) < 4.78 is 0. The molecular weight excluding hydrogens is 512 g/mol. The van der Waals surface area contributed by atoms with Gasteiger partial charge in [-0.05, 0) is 52.0 Å². The van der Waals surface area contributed by atoms with Crippen molar-refractivity contribution in [1.29, 1.82) is 0 Å². The second kappa shape index (κ2) is 18.3. The van der Waals surface area contributed by atoms with Crippen molar-refractivity contribution in [2.45, 2.75) is 27.7 Å². The van der Waals surface area contributed by atoms with Gasteiger partial charge in [-0.25, -0.2) is 0 Å². The van der Waals surface area contributed by atoms with E-state index in [0.29, 0.717) is 0 Å². The van der Waals surface area contributed by atoms with Crippen LogP contribution in [-0.2, 0) is 27.2 Å². The first-order valence-electron chi connectivity index (χ1n) is 9.96. The van der Waals surface area contributed by atoms with Crippen molar-refractivity contribution in [2.75, 3.05) is 0 Å². The van der Waals surface area contributed by atoms with Crippen molar-refractivity contribution < 1.29 is 27.2 Å². The van der Waals surface area contributed by atoms with Crippen molar-refractivity contribution in [3.05, 3.63) is 137 Å². The number of aromatic amines is 4. The Morgan fingerprint density at radius 3 is 0.676 bits per heavy atom. The van der Waals surface area contributed by atoms with Crippen LogP contribution in [0.5, 0.6) is 0 Å². The molecule has 4 aromatic rings. The van der Waals surface area contributed by atoms with Crippen molar-refractivity contribution >= 4 is 0 Å². The van der Waals surface area contributed by atoms with Gasteiger partial charge in [0.1, 0.15) is 0 Å². The van der Waals surface area contributed by atoms with Crippen LogP contribution in [0.4, 0.5) is 0 Å². The molecule has 4 N–H and O–H groups in total. The molecule has 0 aliphatic rings. The second-order valence-electron chi connectivity index (χ2n) is 6.79. The first-order valence-corrected chi connectivity index (χ1v) is 12.6. The average molecular weight is 541 g/mol. The van der Waals surface area contributed by atoms with Gasteiger partial charge in [0.25, 0.3) is 0 Å². The van der Waals surface area contributed by atoms with Gasteiger partial charge in [0.2, 0.25) is 22.2 Å². The quantitative estimate of drug-likeness (QED) is 0.273. The molecule has 0 saturated carbocycles. The zero-order chi connectivity index (χ0) is 25.9. The van der Waals surface area contributed by atoms with Gasteiger partial charge in [-0.15, -0.1) is 0 Å². The molecule has 0 unspecified atom stereocenters. The Morgan fingerprint density at radius 1 is 0.412 bits per heavy atom. The number of H-pyrrole nitrogens is 4. The third kappa shape index (κ3) is 16.5. The molecule has 0 aliphatic heterocycles. The van der Waals surface area contributed by atoms with Gasteiger partial charge in [0.05, 0.1) is 0 Å².